The molecule has 3 atom stereocenters. The highest BCUT2D eigenvalue weighted by Crippen LogP contribution is 2.31. The number of hydrogen-bond donors (Lipinski definition) is 4. The van der Waals surface area contributed by atoms with Crippen molar-refractivity contribution >= 4 is 30.3 Å². The Labute approximate surface area is 246 Å². The van der Waals surface area contributed by atoms with Crippen LogP contribution in [0.25, 0.3) is 5.57 Å². The minimum Gasteiger partial charge on any atom is -0.426 e. The van der Waals surface area contributed by atoms with Gasteiger partial charge in [-0.05, 0) is 47.4 Å². The number of nitrogens with zero attached hydrogens (tertiary/aromatic N) is 2. The van der Waals surface area contributed by atoms with Gasteiger partial charge in [-0.1, -0.05) is 74.5 Å². The molecule has 218 valence electrons. The number of rotatable bonds is 14. The number of hydrogen-bond acceptors (Lipinski definition) is 7. The fourth-order valence-electron chi connectivity index (χ4n) is 5.27. The number of ketones is 1. The van der Waals surface area contributed by atoms with E-state index in [9.17, 15) is 24.4 Å². The van der Waals surface area contributed by atoms with Crippen LogP contribution in [0.1, 0.15) is 60.3 Å². The molecule has 1 aromatic heterocycles. The van der Waals surface area contributed by atoms with E-state index in [2.05, 4.69) is 26.7 Å². The minimum atomic E-state index is -1.74. The molecule has 0 saturated carbocycles. The number of Topliss-reactive ketones (excluding diaryl/α,β-unsaturated/α-hetero) is 1. The Balaban J connectivity index is 1.58. The predicted octanol–water partition coefficient (Wildman–Crippen LogP) is 2.97. The average molecular weight is 568 g/mol. The van der Waals surface area contributed by atoms with Crippen molar-refractivity contribution in [2.75, 3.05) is 0 Å². The molecule has 0 unspecified atom stereocenters. The summed E-state index contributed by atoms with van der Waals surface area (Å²) in [4.78, 5) is 48.6. The summed E-state index contributed by atoms with van der Waals surface area (Å²) in [7, 11) is -1.74. The molecule has 0 bridgehead atoms. The number of carbonyl (C=O) groups is 3. The van der Waals surface area contributed by atoms with Crippen LogP contribution in [-0.2, 0) is 22.4 Å². The van der Waals surface area contributed by atoms with E-state index < -0.39 is 36.8 Å². The second-order valence-electron chi connectivity index (χ2n) is 11.1. The second-order valence-corrected chi connectivity index (χ2v) is 11.1. The summed E-state index contributed by atoms with van der Waals surface area (Å²) in [5.41, 5.74) is 4.09. The maximum Gasteiger partial charge on any atom is 0.475 e. The third-order valence-corrected chi connectivity index (χ3v) is 7.40. The summed E-state index contributed by atoms with van der Waals surface area (Å²) in [6.45, 7) is 3.85. The first-order valence-electron chi connectivity index (χ1n) is 14.3. The zero-order chi connectivity index (χ0) is 30.1. The normalized spacial score (nSPS) is 14.4. The quantitative estimate of drug-likeness (QED) is 0.219. The Morgan fingerprint density at radius 2 is 1.69 bits per heavy atom. The monoisotopic (exact) mass is 568 g/mol. The van der Waals surface area contributed by atoms with E-state index >= 15 is 0 Å². The lowest BCUT2D eigenvalue weighted by molar-refractivity contribution is -0.130. The van der Waals surface area contributed by atoms with Crippen LogP contribution in [0.4, 0.5) is 0 Å². The first-order valence-corrected chi connectivity index (χ1v) is 14.3. The van der Waals surface area contributed by atoms with Crippen molar-refractivity contribution in [1.82, 2.24) is 20.6 Å². The van der Waals surface area contributed by atoms with Crippen molar-refractivity contribution in [3.63, 3.8) is 0 Å². The lowest BCUT2D eigenvalue weighted by atomic mass is 9.74. The first kappa shape index (κ1) is 30.8. The Morgan fingerprint density at radius 1 is 0.952 bits per heavy atom. The van der Waals surface area contributed by atoms with Gasteiger partial charge >= 0.3 is 7.12 Å². The molecule has 9 nitrogen and oxygen atoms in total. The molecule has 4 N–H and O–H groups in total. The maximum atomic E-state index is 14.0. The number of benzene rings is 2. The van der Waals surface area contributed by atoms with Crippen molar-refractivity contribution in [2.24, 2.45) is 11.8 Å². The van der Waals surface area contributed by atoms with Gasteiger partial charge in [0, 0.05) is 31.2 Å². The van der Waals surface area contributed by atoms with Gasteiger partial charge in [-0.2, -0.15) is 0 Å². The first-order chi connectivity index (χ1) is 20.2. The number of aromatic nitrogens is 2. The maximum absolute atomic E-state index is 14.0. The van der Waals surface area contributed by atoms with Gasteiger partial charge in [0.2, 0.25) is 5.91 Å². The van der Waals surface area contributed by atoms with Crippen LogP contribution in [0.5, 0.6) is 0 Å². The van der Waals surface area contributed by atoms with Crippen LogP contribution < -0.4 is 10.6 Å². The van der Waals surface area contributed by atoms with E-state index in [0.717, 1.165) is 28.7 Å². The van der Waals surface area contributed by atoms with Crippen molar-refractivity contribution in [3.05, 3.63) is 102 Å². The molecule has 0 aliphatic heterocycles. The molecule has 2 amide bonds. The standard InChI is InChI=1S/C32H37BN4O5/c1-21(2)16-30(33(41)42)37-31(39)25(17-22-8-4-3-5-9-22)19-29(38)27(36-32(40)28-20-34-14-15-35-28)18-24-13-12-23-10-6-7-11-26(23)24/h3-11,13-15,20-21,25,27,30,41-42H,12,16-19H2,1-2H3,(H,36,40)(H,37,39)/t25-,27+,30+/m1/s1. The molecule has 0 radical (unpaired) electrons. The Hall–Kier alpha value is -4.15. The van der Waals surface area contributed by atoms with E-state index in [1.807, 2.05) is 68.4 Å². The second kappa shape index (κ2) is 14.7. The van der Waals surface area contributed by atoms with Gasteiger partial charge in [0.15, 0.2) is 5.78 Å². The summed E-state index contributed by atoms with van der Waals surface area (Å²) in [6.07, 6.45) is 7.74. The molecular formula is C32H37BN4O5. The molecule has 0 saturated heterocycles. The molecule has 1 aliphatic rings. The molecule has 2 aromatic carbocycles. The zero-order valence-corrected chi connectivity index (χ0v) is 23.9. The number of fused-ring (bicyclic) bond motifs is 1. The fourth-order valence-corrected chi connectivity index (χ4v) is 5.27. The highest BCUT2D eigenvalue weighted by atomic mass is 16.4. The Kier molecular flexibility index (Phi) is 10.8. The molecular weight excluding hydrogens is 531 g/mol. The summed E-state index contributed by atoms with van der Waals surface area (Å²) in [5.74, 6) is -2.85. The number of amides is 2. The van der Waals surface area contributed by atoms with Crippen molar-refractivity contribution in [1.29, 1.82) is 0 Å². The van der Waals surface area contributed by atoms with Crippen LogP contribution in [0.2, 0.25) is 0 Å². The van der Waals surface area contributed by atoms with Crippen LogP contribution >= 0.6 is 0 Å². The Bertz CT molecular complexity index is 1400. The summed E-state index contributed by atoms with van der Waals surface area (Å²) in [5, 5.41) is 25.4. The molecule has 0 spiro atoms. The number of allylic oxidation sites excluding steroid dienone is 1. The van der Waals surface area contributed by atoms with E-state index in [-0.39, 0.29) is 36.7 Å². The molecule has 10 heteroatoms. The van der Waals surface area contributed by atoms with E-state index in [1.165, 1.54) is 18.6 Å². The molecule has 1 heterocycles. The van der Waals surface area contributed by atoms with E-state index in [1.54, 1.807) is 0 Å². The molecule has 0 fully saturated rings. The topological polar surface area (TPSA) is 142 Å². The van der Waals surface area contributed by atoms with Gasteiger partial charge in [-0.3, -0.25) is 19.4 Å². The molecule has 1 aliphatic carbocycles. The highest BCUT2D eigenvalue weighted by Gasteiger charge is 2.33. The van der Waals surface area contributed by atoms with Crippen molar-refractivity contribution < 1.29 is 24.4 Å². The molecule has 3 aromatic rings. The zero-order valence-electron chi connectivity index (χ0n) is 23.9. The highest BCUT2D eigenvalue weighted by molar-refractivity contribution is 6.43. The summed E-state index contributed by atoms with van der Waals surface area (Å²) < 4.78 is 0. The van der Waals surface area contributed by atoms with E-state index in [0.29, 0.717) is 6.42 Å². The lowest BCUT2D eigenvalue weighted by Crippen LogP contribution is -2.50. The number of nitrogens with one attached hydrogen (secondary N) is 2. The van der Waals surface area contributed by atoms with Crippen LogP contribution in [-0.4, -0.2) is 56.7 Å². The van der Waals surface area contributed by atoms with Gasteiger partial charge in [-0.25, -0.2) is 4.98 Å². The average Bonchev–Trinajstić information content (AvgIpc) is 3.39. The third-order valence-electron chi connectivity index (χ3n) is 7.40. The number of carbonyl (C=O) groups excluding carboxylic acids is 3. The SMILES string of the molecule is CC(C)C[C@H](NC(=O)[C@@H](CC(=O)[C@H](CC1=CCc2ccccc21)NC(=O)c1cnccn1)Cc1ccccc1)B(O)O. The minimum absolute atomic E-state index is 0.0862. The molecule has 42 heavy (non-hydrogen) atoms. The Morgan fingerprint density at radius 3 is 2.38 bits per heavy atom. The molecule has 4 rings (SSSR count). The van der Waals surface area contributed by atoms with Crippen LogP contribution in [0.15, 0.2) is 79.3 Å². The van der Waals surface area contributed by atoms with Crippen molar-refractivity contribution in [3.8, 4) is 0 Å². The van der Waals surface area contributed by atoms with Crippen LogP contribution in [0.3, 0.4) is 0 Å². The summed E-state index contributed by atoms with van der Waals surface area (Å²) in [6, 6.07) is 16.4. The van der Waals surface area contributed by atoms with Gasteiger partial charge in [-0.15, -0.1) is 0 Å². The van der Waals surface area contributed by atoms with Crippen molar-refractivity contribution in [2.45, 2.75) is 57.9 Å². The summed E-state index contributed by atoms with van der Waals surface area (Å²) >= 11 is 0. The predicted molar refractivity (Wildman–Crippen MR) is 161 cm³/mol. The van der Waals surface area contributed by atoms with Crippen LogP contribution in [0, 0.1) is 11.8 Å². The third kappa shape index (κ3) is 8.44. The van der Waals surface area contributed by atoms with Gasteiger partial charge in [0.1, 0.15) is 5.69 Å². The van der Waals surface area contributed by atoms with Gasteiger partial charge in [0.25, 0.3) is 5.91 Å². The lowest BCUT2D eigenvalue weighted by Gasteiger charge is -2.25. The fraction of sp³-hybridized carbons (Fsp3) is 0.344. The van der Waals surface area contributed by atoms with Gasteiger partial charge in [0.05, 0.1) is 18.2 Å². The van der Waals surface area contributed by atoms with Gasteiger partial charge < -0.3 is 20.7 Å². The van der Waals surface area contributed by atoms with E-state index in [4.69, 9.17) is 0 Å². The largest absolute Gasteiger partial charge is 0.475 e. The smallest absolute Gasteiger partial charge is 0.426 e.